The van der Waals surface area contributed by atoms with Crippen molar-refractivity contribution in [3.05, 3.63) is 29.3 Å². The number of piperidine rings is 1. The van der Waals surface area contributed by atoms with Crippen molar-refractivity contribution in [1.29, 1.82) is 0 Å². The fraction of sp³-hybridized carbons (Fsp3) is 0.619. The van der Waals surface area contributed by atoms with Crippen LogP contribution in [0.4, 0.5) is 4.79 Å². The molecule has 1 aromatic carbocycles. The molecule has 1 amide bonds. The van der Waals surface area contributed by atoms with Crippen LogP contribution in [-0.2, 0) is 16.0 Å². The molecule has 0 saturated carbocycles. The number of nitrogens with zero attached hydrogens (tertiary/aromatic N) is 2. The summed E-state index contributed by atoms with van der Waals surface area (Å²) in [4.78, 5) is 18.0. The van der Waals surface area contributed by atoms with Crippen molar-refractivity contribution in [1.82, 2.24) is 10.2 Å². The highest BCUT2D eigenvalue weighted by molar-refractivity contribution is 5.78. The van der Waals surface area contributed by atoms with Gasteiger partial charge in [0.25, 0.3) is 0 Å². The smallest absolute Gasteiger partial charge is 0.409 e. The molecule has 0 aromatic heterocycles. The third kappa shape index (κ3) is 6.25. The van der Waals surface area contributed by atoms with Gasteiger partial charge in [-0.25, -0.2) is 9.79 Å². The van der Waals surface area contributed by atoms with Gasteiger partial charge in [0.05, 0.1) is 26.4 Å². The van der Waals surface area contributed by atoms with Gasteiger partial charge in [0.15, 0.2) is 5.96 Å². The first-order chi connectivity index (χ1) is 14.0. The van der Waals surface area contributed by atoms with E-state index in [0.29, 0.717) is 38.8 Å². The maximum Gasteiger partial charge on any atom is 0.409 e. The van der Waals surface area contributed by atoms with Gasteiger partial charge in [0.2, 0.25) is 0 Å². The van der Waals surface area contributed by atoms with Gasteiger partial charge in [-0.3, -0.25) is 0 Å². The minimum absolute atomic E-state index is 0.0968. The van der Waals surface area contributed by atoms with Crippen molar-refractivity contribution in [2.24, 2.45) is 10.7 Å². The molecule has 8 heteroatoms. The van der Waals surface area contributed by atoms with Gasteiger partial charge in [-0.2, -0.15) is 0 Å². The standard InChI is InChI=1S/C21H32N4O4/c1-3-28-21(26)25-9-6-17(7-10-25)24-20(22)23-13-16-5-4-15(2)12-19(16)29-18-8-11-27-14-18/h4-5,12,17-18H,3,6-11,13-14H2,1-2H3,(H3,22,23,24). The number of hydrogen-bond acceptors (Lipinski definition) is 5. The highest BCUT2D eigenvalue weighted by atomic mass is 16.6. The lowest BCUT2D eigenvalue weighted by Gasteiger charge is -2.31. The molecular formula is C21H32N4O4. The first-order valence-corrected chi connectivity index (χ1v) is 10.4. The Morgan fingerprint density at radius 1 is 1.34 bits per heavy atom. The summed E-state index contributed by atoms with van der Waals surface area (Å²) in [6.07, 6.45) is 2.39. The number of amides is 1. The van der Waals surface area contributed by atoms with Crippen LogP contribution in [-0.4, -0.2) is 62.0 Å². The molecule has 0 bridgehead atoms. The summed E-state index contributed by atoms with van der Waals surface area (Å²) in [6.45, 7) is 7.39. The van der Waals surface area contributed by atoms with Gasteiger partial charge in [0, 0.05) is 31.1 Å². The first-order valence-electron chi connectivity index (χ1n) is 10.4. The Morgan fingerprint density at radius 2 is 2.14 bits per heavy atom. The largest absolute Gasteiger partial charge is 0.488 e. The second-order valence-corrected chi connectivity index (χ2v) is 7.52. The monoisotopic (exact) mass is 404 g/mol. The molecule has 160 valence electrons. The second kappa shape index (κ2) is 10.3. The summed E-state index contributed by atoms with van der Waals surface area (Å²) >= 11 is 0. The van der Waals surface area contributed by atoms with Crippen LogP contribution in [0.15, 0.2) is 23.2 Å². The van der Waals surface area contributed by atoms with E-state index in [1.54, 1.807) is 4.90 Å². The van der Waals surface area contributed by atoms with E-state index in [1.165, 1.54) is 0 Å². The van der Waals surface area contributed by atoms with Crippen LogP contribution in [0.2, 0.25) is 0 Å². The fourth-order valence-corrected chi connectivity index (χ4v) is 3.53. The Morgan fingerprint density at radius 3 is 2.83 bits per heavy atom. The van der Waals surface area contributed by atoms with Crippen LogP contribution < -0.4 is 15.8 Å². The number of guanidine groups is 1. The summed E-state index contributed by atoms with van der Waals surface area (Å²) in [6, 6.07) is 6.33. The van der Waals surface area contributed by atoms with E-state index >= 15 is 0 Å². The predicted molar refractivity (Wildman–Crippen MR) is 111 cm³/mol. The molecule has 0 spiro atoms. The van der Waals surface area contributed by atoms with E-state index in [0.717, 1.165) is 42.7 Å². The summed E-state index contributed by atoms with van der Waals surface area (Å²) < 4.78 is 16.6. The lowest BCUT2D eigenvalue weighted by atomic mass is 10.1. The lowest BCUT2D eigenvalue weighted by Crippen LogP contribution is -2.48. The molecule has 29 heavy (non-hydrogen) atoms. The fourth-order valence-electron chi connectivity index (χ4n) is 3.53. The molecule has 1 unspecified atom stereocenters. The zero-order valence-electron chi connectivity index (χ0n) is 17.4. The van der Waals surface area contributed by atoms with Crippen LogP contribution in [0.25, 0.3) is 0 Å². The average Bonchev–Trinajstić information content (AvgIpc) is 3.21. The third-order valence-corrected chi connectivity index (χ3v) is 5.20. The minimum Gasteiger partial charge on any atom is -0.488 e. The molecule has 3 rings (SSSR count). The Bertz CT molecular complexity index is 711. The van der Waals surface area contributed by atoms with Gasteiger partial charge in [0.1, 0.15) is 11.9 Å². The van der Waals surface area contributed by atoms with Crippen LogP contribution >= 0.6 is 0 Å². The average molecular weight is 405 g/mol. The maximum absolute atomic E-state index is 11.8. The number of aliphatic imine (C=N–C) groups is 1. The SMILES string of the molecule is CCOC(=O)N1CCC(NC(N)=NCc2ccc(C)cc2OC2CCOC2)CC1. The van der Waals surface area contributed by atoms with E-state index in [-0.39, 0.29) is 18.2 Å². The van der Waals surface area contributed by atoms with Crippen LogP contribution in [0.1, 0.15) is 37.3 Å². The number of carbonyl (C=O) groups excluding carboxylic acids is 1. The van der Waals surface area contributed by atoms with Gasteiger partial charge >= 0.3 is 6.09 Å². The summed E-state index contributed by atoms with van der Waals surface area (Å²) in [7, 11) is 0. The molecule has 8 nitrogen and oxygen atoms in total. The molecule has 1 aromatic rings. The van der Waals surface area contributed by atoms with E-state index in [1.807, 2.05) is 26.0 Å². The highest BCUT2D eigenvalue weighted by Gasteiger charge is 2.24. The lowest BCUT2D eigenvalue weighted by molar-refractivity contribution is 0.0963. The van der Waals surface area contributed by atoms with E-state index in [2.05, 4.69) is 16.4 Å². The summed E-state index contributed by atoms with van der Waals surface area (Å²) in [5, 5.41) is 3.27. The Balaban J connectivity index is 1.51. The van der Waals surface area contributed by atoms with Crippen molar-refractivity contribution in [2.75, 3.05) is 32.9 Å². The second-order valence-electron chi connectivity index (χ2n) is 7.52. The van der Waals surface area contributed by atoms with Crippen LogP contribution in [0.5, 0.6) is 5.75 Å². The van der Waals surface area contributed by atoms with E-state index in [4.69, 9.17) is 19.9 Å². The molecule has 2 aliphatic heterocycles. The molecule has 2 heterocycles. The maximum atomic E-state index is 11.8. The van der Waals surface area contributed by atoms with Gasteiger partial charge in [-0.15, -0.1) is 0 Å². The molecule has 2 aliphatic rings. The number of nitrogens with two attached hydrogens (primary N) is 1. The zero-order chi connectivity index (χ0) is 20.6. The van der Waals surface area contributed by atoms with Gasteiger partial charge in [-0.05, 0) is 38.3 Å². The molecule has 1 atom stereocenters. The number of likely N-dealkylation sites (tertiary alicyclic amines) is 1. The number of hydrogen-bond donors (Lipinski definition) is 2. The van der Waals surface area contributed by atoms with Crippen molar-refractivity contribution in [3.63, 3.8) is 0 Å². The Labute approximate surface area is 172 Å². The third-order valence-electron chi connectivity index (χ3n) is 5.20. The molecule has 2 fully saturated rings. The van der Waals surface area contributed by atoms with Crippen LogP contribution in [0.3, 0.4) is 0 Å². The number of carbonyl (C=O) groups is 1. The van der Waals surface area contributed by atoms with Crippen molar-refractivity contribution in [3.8, 4) is 5.75 Å². The number of ether oxygens (including phenoxy) is 3. The molecule has 0 radical (unpaired) electrons. The van der Waals surface area contributed by atoms with E-state index < -0.39 is 0 Å². The summed E-state index contributed by atoms with van der Waals surface area (Å²) in [5.41, 5.74) is 8.26. The normalized spacial score (nSPS) is 20.6. The Kier molecular flexibility index (Phi) is 7.57. The molecule has 2 saturated heterocycles. The predicted octanol–water partition coefficient (Wildman–Crippen LogP) is 2.19. The zero-order valence-corrected chi connectivity index (χ0v) is 17.4. The van der Waals surface area contributed by atoms with Crippen molar-refractivity contribution in [2.45, 2.75) is 51.8 Å². The molecular weight excluding hydrogens is 372 g/mol. The van der Waals surface area contributed by atoms with Crippen LogP contribution in [0, 0.1) is 6.92 Å². The number of benzene rings is 1. The van der Waals surface area contributed by atoms with Crippen molar-refractivity contribution < 1.29 is 19.0 Å². The number of rotatable bonds is 6. The molecule has 0 aliphatic carbocycles. The topological polar surface area (TPSA) is 98.4 Å². The number of nitrogens with one attached hydrogen (secondary N) is 1. The minimum atomic E-state index is -0.243. The highest BCUT2D eigenvalue weighted by Crippen LogP contribution is 2.24. The Hall–Kier alpha value is -2.48. The van der Waals surface area contributed by atoms with Gasteiger partial charge in [-0.1, -0.05) is 12.1 Å². The van der Waals surface area contributed by atoms with Crippen molar-refractivity contribution >= 4 is 12.1 Å². The summed E-state index contributed by atoms with van der Waals surface area (Å²) in [5.74, 6) is 1.26. The number of aryl methyl sites for hydroxylation is 1. The first kappa shape index (κ1) is 21.2. The van der Waals surface area contributed by atoms with Gasteiger partial charge < -0.3 is 30.2 Å². The quantitative estimate of drug-likeness (QED) is 0.557. The molecule has 3 N–H and O–H groups in total. The van der Waals surface area contributed by atoms with E-state index in [9.17, 15) is 4.79 Å².